The predicted octanol–water partition coefficient (Wildman–Crippen LogP) is 0.461. The molecule has 29 heavy (non-hydrogen) atoms. The van der Waals surface area contributed by atoms with Crippen LogP contribution in [0.1, 0.15) is 18.7 Å². The summed E-state index contributed by atoms with van der Waals surface area (Å²) < 4.78 is 1.82. The second-order valence-corrected chi connectivity index (χ2v) is 9.42. The normalized spacial score (nSPS) is 26.0. The van der Waals surface area contributed by atoms with Gasteiger partial charge in [-0.15, -0.1) is 23.1 Å². The number of carboxylic acid groups (broad SMARTS) is 1. The topological polar surface area (TPSA) is 141 Å². The predicted molar refractivity (Wildman–Crippen MR) is 108 cm³/mol. The van der Waals surface area contributed by atoms with E-state index < -0.39 is 24.1 Å². The molecule has 4 rings (SSSR count). The number of carbonyl (C=O) groups excluding carboxylic acids is 1. The highest BCUT2D eigenvalue weighted by molar-refractivity contribution is 7.99. The number of amides is 1. The standard InChI is InChI=1S/C18H22N4O5S2/c1-7-11(14(18(26)27)22-13(7)12(8(2)23)16(22)25)10-4-21-6-20-15(17(21)29-10)28-5-9(24)3-19/h4,6-9,12-13,23-24H,3,5,19H2,1-2H3,(H,26,27)/t7-,8+,9+,12+,13+/m0/s1. The van der Waals surface area contributed by atoms with Gasteiger partial charge in [-0.25, -0.2) is 9.78 Å². The number of carboxylic acids is 1. The highest BCUT2D eigenvalue weighted by atomic mass is 32.2. The van der Waals surface area contributed by atoms with Gasteiger partial charge < -0.3 is 26.0 Å². The summed E-state index contributed by atoms with van der Waals surface area (Å²) in [6, 6.07) is -0.350. The highest BCUT2D eigenvalue weighted by Crippen LogP contribution is 2.51. The van der Waals surface area contributed by atoms with Crippen LogP contribution in [-0.2, 0) is 9.59 Å². The number of aliphatic hydroxyl groups excluding tert-OH is 2. The van der Waals surface area contributed by atoms with Crippen molar-refractivity contribution in [2.24, 2.45) is 17.6 Å². The van der Waals surface area contributed by atoms with E-state index in [0.717, 1.165) is 14.7 Å². The van der Waals surface area contributed by atoms with E-state index in [4.69, 9.17) is 5.73 Å². The lowest BCUT2D eigenvalue weighted by Gasteiger charge is -2.46. The minimum absolute atomic E-state index is 0.00498. The van der Waals surface area contributed by atoms with Gasteiger partial charge in [0.05, 0.1) is 29.0 Å². The minimum Gasteiger partial charge on any atom is -0.477 e. The largest absolute Gasteiger partial charge is 0.477 e. The van der Waals surface area contributed by atoms with E-state index in [1.807, 2.05) is 17.5 Å². The summed E-state index contributed by atoms with van der Waals surface area (Å²) in [5, 5.41) is 30.2. The summed E-state index contributed by atoms with van der Waals surface area (Å²) in [7, 11) is 0. The molecule has 2 aliphatic rings. The first-order valence-corrected chi connectivity index (χ1v) is 11.0. The van der Waals surface area contributed by atoms with E-state index in [2.05, 4.69) is 4.98 Å². The van der Waals surface area contributed by atoms with E-state index in [9.17, 15) is 24.9 Å². The monoisotopic (exact) mass is 438 g/mol. The quantitative estimate of drug-likeness (QED) is 0.361. The highest BCUT2D eigenvalue weighted by Gasteiger charge is 2.60. The van der Waals surface area contributed by atoms with Gasteiger partial charge in [0.25, 0.3) is 0 Å². The Hall–Kier alpha value is -1.92. The number of nitrogens with two attached hydrogens (primary N) is 1. The van der Waals surface area contributed by atoms with Crippen LogP contribution in [0.15, 0.2) is 23.2 Å². The third kappa shape index (κ3) is 3.08. The Bertz CT molecular complexity index is 1010. The Morgan fingerprint density at radius 2 is 2.17 bits per heavy atom. The summed E-state index contributed by atoms with van der Waals surface area (Å²) >= 11 is 2.79. The van der Waals surface area contributed by atoms with Crippen molar-refractivity contribution < 1.29 is 24.9 Å². The molecule has 156 valence electrons. The maximum atomic E-state index is 12.5. The van der Waals surface area contributed by atoms with Crippen LogP contribution in [0.4, 0.5) is 0 Å². The number of carbonyl (C=O) groups is 2. The first-order chi connectivity index (χ1) is 13.8. The molecule has 1 saturated heterocycles. The van der Waals surface area contributed by atoms with Gasteiger partial charge in [-0.1, -0.05) is 6.92 Å². The Balaban J connectivity index is 1.72. The summed E-state index contributed by atoms with van der Waals surface area (Å²) in [6.45, 7) is 3.62. The average molecular weight is 439 g/mol. The number of nitrogens with zero attached hydrogens (tertiary/aromatic N) is 3. The number of aliphatic carboxylic acids is 1. The lowest BCUT2D eigenvalue weighted by Crippen LogP contribution is -2.63. The first kappa shape index (κ1) is 20.4. The van der Waals surface area contributed by atoms with Crippen LogP contribution in [0, 0.1) is 11.8 Å². The fraction of sp³-hybridized carbons (Fsp3) is 0.500. The van der Waals surface area contributed by atoms with E-state index in [-0.39, 0.29) is 30.1 Å². The lowest BCUT2D eigenvalue weighted by atomic mass is 9.77. The van der Waals surface area contributed by atoms with Crippen LogP contribution in [0.25, 0.3) is 10.4 Å². The maximum Gasteiger partial charge on any atom is 0.352 e. The van der Waals surface area contributed by atoms with Crippen molar-refractivity contribution >= 4 is 45.4 Å². The van der Waals surface area contributed by atoms with Crippen LogP contribution >= 0.6 is 23.1 Å². The van der Waals surface area contributed by atoms with Crippen molar-refractivity contribution in [3.05, 3.63) is 23.1 Å². The van der Waals surface area contributed by atoms with E-state index >= 15 is 0 Å². The van der Waals surface area contributed by atoms with Crippen molar-refractivity contribution in [2.45, 2.75) is 37.1 Å². The molecule has 1 fully saturated rings. The number of thiazole rings is 1. The molecule has 0 radical (unpaired) electrons. The van der Waals surface area contributed by atoms with Crippen LogP contribution < -0.4 is 5.73 Å². The molecule has 0 bridgehead atoms. The van der Waals surface area contributed by atoms with Gasteiger partial charge in [-0.05, 0) is 6.92 Å². The summed E-state index contributed by atoms with van der Waals surface area (Å²) in [5.41, 5.74) is 6.04. The number of β-lactam (4-membered cyclic amide) rings is 1. The van der Waals surface area contributed by atoms with Crippen molar-refractivity contribution in [3.8, 4) is 0 Å². The van der Waals surface area contributed by atoms with Crippen molar-refractivity contribution in [3.63, 3.8) is 0 Å². The van der Waals surface area contributed by atoms with Crippen LogP contribution in [-0.4, -0.2) is 72.0 Å². The number of hydrogen-bond acceptors (Lipinski definition) is 8. The van der Waals surface area contributed by atoms with Crippen LogP contribution in [0.5, 0.6) is 0 Å². The molecule has 0 unspecified atom stereocenters. The third-order valence-electron chi connectivity index (χ3n) is 5.50. The molecule has 0 saturated carbocycles. The van der Waals surface area contributed by atoms with E-state index in [1.165, 1.54) is 28.0 Å². The Morgan fingerprint density at radius 1 is 1.45 bits per heavy atom. The number of imidazole rings is 1. The fourth-order valence-corrected chi connectivity index (χ4v) is 6.39. The van der Waals surface area contributed by atoms with E-state index in [1.54, 1.807) is 13.3 Å². The second kappa shape index (κ2) is 7.40. The zero-order valence-electron chi connectivity index (χ0n) is 15.8. The third-order valence-corrected chi connectivity index (χ3v) is 7.90. The Labute approximate surface area is 174 Å². The molecule has 2 aromatic heterocycles. The van der Waals surface area contributed by atoms with Gasteiger partial charge in [-0.3, -0.25) is 9.20 Å². The molecule has 1 amide bonds. The van der Waals surface area contributed by atoms with Gasteiger partial charge in [0.1, 0.15) is 21.9 Å². The van der Waals surface area contributed by atoms with Gasteiger partial charge in [0.15, 0.2) is 0 Å². The number of fused-ring (bicyclic) bond motifs is 2. The molecule has 4 heterocycles. The first-order valence-electron chi connectivity index (χ1n) is 9.22. The molecule has 0 aliphatic carbocycles. The number of aromatic nitrogens is 2. The van der Waals surface area contributed by atoms with Crippen LogP contribution in [0.3, 0.4) is 0 Å². The number of thioether (sulfide) groups is 1. The van der Waals surface area contributed by atoms with Crippen molar-refractivity contribution in [1.82, 2.24) is 14.3 Å². The molecule has 9 nitrogen and oxygen atoms in total. The molecule has 2 aliphatic heterocycles. The van der Waals surface area contributed by atoms with Gasteiger partial charge in [0, 0.05) is 30.0 Å². The van der Waals surface area contributed by atoms with Crippen molar-refractivity contribution in [1.29, 1.82) is 0 Å². The smallest absolute Gasteiger partial charge is 0.352 e. The zero-order chi connectivity index (χ0) is 21.0. The lowest BCUT2D eigenvalue weighted by molar-refractivity contribution is -0.163. The molecule has 2 aromatic rings. The molecular weight excluding hydrogens is 416 g/mol. The zero-order valence-corrected chi connectivity index (χ0v) is 17.5. The van der Waals surface area contributed by atoms with Gasteiger partial charge >= 0.3 is 5.97 Å². The number of aliphatic hydroxyl groups is 2. The Kier molecular flexibility index (Phi) is 5.20. The molecule has 0 spiro atoms. The Morgan fingerprint density at radius 3 is 2.79 bits per heavy atom. The van der Waals surface area contributed by atoms with Crippen molar-refractivity contribution in [2.75, 3.05) is 12.3 Å². The molecule has 5 N–H and O–H groups in total. The second-order valence-electron chi connectivity index (χ2n) is 7.38. The van der Waals surface area contributed by atoms with E-state index in [0.29, 0.717) is 11.3 Å². The minimum atomic E-state index is -1.15. The maximum absolute atomic E-state index is 12.5. The molecular formula is C18H22N4O5S2. The molecule has 0 aromatic carbocycles. The number of rotatable bonds is 7. The fourth-order valence-electron chi connectivity index (χ4n) is 4.14. The number of hydrogen-bond donors (Lipinski definition) is 4. The molecule has 5 atom stereocenters. The average Bonchev–Trinajstić information content (AvgIpc) is 3.29. The summed E-state index contributed by atoms with van der Waals surface area (Å²) in [6.07, 6.45) is 2.00. The summed E-state index contributed by atoms with van der Waals surface area (Å²) in [4.78, 5) is 31.8. The van der Waals surface area contributed by atoms with Gasteiger partial charge in [0.2, 0.25) is 5.91 Å². The van der Waals surface area contributed by atoms with Gasteiger partial charge in [-0.2, -0.15) is 0 Å². The summed E-state index contributed by atoms with van der Waals surface area (Å²) in [5.74, 6) is -1.89. The molecule has 11 heteroatoms. The SMILES string of the molecule is C[C@@H](O)[C@H]1C(=O)N2C(C(=O)O)=C(c3cn4cnc(SC[C@H](O)CN)c4s3)[C@H](C)[C@H]12. The van der Waals surface area contributed by atoms with Crippen LogP contribution in [0.2, 0.25) is 0 Å².